The fraction of sp³-hybridized carbons (Fsp3) is 0.444. The molecule has 0 aliphatic rings. The van der Waals surface area contributed by atoms with Crippen molar-refractivity contribution >= 4 is 5.91 Å². The lowest BCUT2D eigenvalue weighted by molar-refractivity contribution is 0.0929. The van der Waals surface area contributed by atoms with Gasteiger partial charge in [0, 0.05) is 12.6 Å². The number of carbonyl (C=O) groups is 1. The Labute approximate surface area is 146 Å². The maximum atomic E-state index is 12.7. The Balaban J connectivity index is 2.66. The highest BCUT2D eigenvalue weighted by atomic mass is 16.2. The minimum atomic E-state index is -0.656. The van der Waals surface area contributed by atoms with Crippen LogP contribution in [0.4, 0.5) is 0 Å². The topological polar surface area (TPSA) is 86.0 Å². The SMILES string of the molecule is CCCn1c(=O)c(C(=O)N[C@H](C)CC)nn(-c2cccc(C)c2)c1=O. The summed E-state index contributed by atoms with van der Waals surface area (Å²) >= 11 is 0. The number of hydrogen-bond acceptors (Lipinski definition) is 4. The predicted molar refractivity (Wildman–Crippen MR) is 96.3 cm³/mol. The van der Waals surface area contributed by atoms with Crippen LogP contribution >= 0.6 is 0 Å². The molecule has 1 amide bonds. The maximum Gasteiger partial charge on any atom is 0.352 e. The van der Waals surface area contributed by atoms with Crippen LogP contribution in [0.15, 0.2) is 33.9 Å². The Morgan fingerprint density at radius 1 is 1.28 bits per heavy atom. The summed E-state index contributed by atoms with van der Waals surface area (Å²) in [5, 5.41) is 6.81. The Morgan fingerprint density at radius 3 is 2.60 bits per heavy atom. The van der Waals surface area contributed by atoms with E-state index >= 15 is 0 Å². The lowest BCUT2D eigenvalue weighted by Crippen LogP contribution is -2.46. The zero-order chi connectivity index (χ0) is 18.6. The van der Waals surface area contributed by atoms with Crippen LogP contribution in [0.5, 0.6) is 0 Å². The average molecular weight is 344 g/mol. The number of rotatable bonds is 6. The molecule has 0 saturated carbocycles. The van der Waals surface area contributed by atoms with Gasteiger partial charge in [-0.2, -0.15) is 9.78 Å². The van der Waals surface area contributed by atoms with Gasteiger partial charge < -0.3 is 5.32 Å². The first-order valence-electron chi connectivity index (χ1n) is 8.51. The van der Waals surface area contributed by atoms with Gasteiger partial charge in [-0.25, -0.2) is 4.79 Å². The van der Waals surface area contributed by atoms with Crippen LogP contribution in [-0.2, 0) is 6.54 Å². The van der Waals surface area contributed by atoms with Gasteiger partial charge >= 0.3 is 5.69 Å². The molecule has 2 aromatic rings. The third-order valence-electron chi connectivity index (χ3n) is 3.96. The highest BCUT2D eigenvalue weighted by Crippen LogP contribution is 2.06. The highest BCUT2D eigenvalue weighted by molar-refractivity contribution is 5.91. The zero-order valence-electron chi connectivity index (χ0n) is 15.1. The smallest absolute Gasteiger partial charge is 0.348 e. The lowest BCUT2D eigenvalue weighted by Gasteiger charge is -2.14. The van der Waals surface area contributed by atoms with Gasteiger partial charge in [0.05, 0.1) is 5.69 Å². The molecule has 25 heavy (non-hydrogen) atoms. The van der Waals surface area contributed by atoms with Crippen LogP contribution in [0, 0.1) is 6.92 Å². The summed E-state index contributed by atoms with van der Waals surface area (Å²) in [4.78, 5) is 37.7. The van der Waals surface area contributed by atoms with E-state index in [4.69, 9.17) is 0 Å². The van der Waals surface area contributed by atoms with Gasteiger partial charge in [0.25, 0.3) is 11.5 Å². The Morgan fingerprint density at radius 2 is 2.00 bits per heavy atom. The number of hydrogen-bond donors (Lipinski definition) is 1. The first-order valence-corrected chi connectivity index (χ1v) is 8.51. The molecule has 0 aliphatic carbocycles. The maximum absolute atomic E-state index is 12.7. The quantitative estimate of drug-likeness (QED) is 0.863. The molecule has 1 N–H and O–H groups in total. The number of nitrogens with one attached hydrogen (secondary N) is 1. The number of aryl methyl sites for hydroxylation is 1. The zero-order valence-corrected chi connectivity index (χ0v) is 15.1. The molecule has 0 fully saturated rings. The van der Waals surface area contributed by atoms with E-state index in [1.54, 1.807) is 18.2 Å². The predicted octanol–water partition coefficient (Wildman–Crippen LogP) is 1.64. The van der Waals surface area contributed by atoms with Crippen LogP contribution in [-0.4, -0.2) is 26.3 Å². The van der Waals surface area contributed by atoms with Crippen molar-refractivity contribution in [3.63, 3.8) is 0 Å². The largest absolute Gasteiger partial charge is 0.352 e. The van der Waals surface area contributed by atoms with Crippen molar-refractivity contribution in [2.45, 2.75) is 53.1 Å². The minimum absolute atomic E-state index is 0.0901. The van der Waals surface area contributed by atoms with Crippen LogP contribution < -0.4 is 16.6 Å². The van der Waals surface area contributed by atoms with Crippen molar-refractivity contribution in [2.75, 3.05) is 0 Å². The molecule has 7 heteroatoms. The second-order valence-electron chi connectivity index (χ2n) is 6.12. The van der Waals surface area contributed by atoms with Crippen molar-refractivity contribution in [1.29, 1.82) is 0 Å². The molecule has 0 aliphatic heterocycles. The van der Waals surface area contributed by atoms with Crippen molar-refractivity contribution in [3.8, 4) is 5.69 Å². The molecule has 0 bridgehead atoms. The summed E-state index contributed by atoms with van der Waals surface area (Å²) in [5.41, 5.74) is 0.00134. The summed E-state index contributed by atoms with van der Waals surface area (Å²) in [6.45, 7) is 7.77. The standard InChI is InChI=1S/C18H24N4O3/c1-5-10-21-17(24)15(16(23)19-13(4)6-2)20-22(18(21)25)14-9-7-8-12(3)11-14/h7-9,11,13H,5-6,10H2,1-4H3,(H,19,23)/t13-/m1/s1. The number of nitrogens with zero attached hydrogens (tertiary/aromatic N) is 3. The lowest BCUT2D eigenvalue weighted by atomic mass is 10.2. The molecule has 1 aromatic carbocycles. The van der Waals surface area contributed by atoms with Gasteiger partial charge in [-0.05, 0) is 44.4 Å². The van der Waals surface area contributed by atoms with Crippen LogP contribution in [0.3, 0.4) is 0 Å². The van der Waals surface area contributed by atoms with Gasteiger partial charge in [0.15, 0.2) is 0 Å². The summed E-state index contributed by atoms with van der Waals surface area (Å²) in [7, 11) is 0. The second-order valence-corrected chi connectivity index (χ2v) is 6.12. The molecule has 2 rings (SSSR count). The monoisotopic (exact) mass is 344 g/mol. The van der Waals surface area contributed by atoms with Gasteiger partial charge in [-0.15, -0.1) is 0 Å². The summed E-state index contributed by atoms with van der Waals surface area (Å²) < 4.78 is 2.19. The van der Waals surface area contributed by atoms with Crippen molar-refractivity contribution < 1.29 is 4.79 Å². The van der Waals surface area contributed by atoms with Gasteiger partial charge in [-0.3, -0.25) is 14.2 Å². The summed E-state index contributed by atoms with van der Waals surface area (Å²) in [6, 6.07) is 7.11. The Kier molecular flexibility index (Phi) is 5.90. The molecule has 0 spiro atoms. The fourth-order valence-electron chi connectivity index (χ4n) is 2.40. The first kappa shape index (κ1) is 18.6. The van der Waals surface area contributed by atoms with Crippen molar-refractivity contribution in [1.82, 2.24) is 19.7 Å². The fourth-order valence-corrected chi connectivity index (χ4v) is 2.40. The van der Waals surface area contributed by atoms with E-state index in [1.165, 1.54) is 0 Å². The average Bonchev–Trinajstić information content (AvgIpc) is 2.58. The molecular weight excluding hydrogens is 320 g/mol. The molecule has 7 nitrogen and oxygen atoms in total. The molecule has 0 unspecified atom stereocenters. The van der Waals surface area contributed by atoms with E-state index in [1.807, 2.05) is 33.8 Å². The highest BCUT2D eigenvalue weighted by Gasteiger charge is 2.20. The summed E-state index contributed by atoms with van der Waals surface area (Å²) in [6.07, 6.45) is 1.33. The number of benzene rings is 1. The van der Waals surface area contributed by atoms with Gasteiger partial charge in [-0.1, -0.05) is 26.0 Å². The van der Waals surface area contributed by atoms with Crippen LogP contribution in [0.25, 0.3) is 5.69 Å². The van der Waals surface area contributed by atoms with E-state index in [-0.39, 0.29) is 18.3 Å². The number of carbonyl (C=O) groups excluding carboxylic acids is 1. The third kappa shape index (κ3) is 4.04. The number of aromatic nitrogens is 3. The molecule has 134 valence electrons. The van der Waals surface area contributed by atoms with Crippen LogP contribution in [0.2, 0.25) is 0 Å². The molecular formula is C18H24N4O3. The van der Waals surface area contributed by atoms with E-state index < -0.39 is 17.2 Å². The van der Waals surface area contributed by atoms with E-state index in [2.05, 4.69) is 10.4 Å². The third-order valence-corrected chi connectivity index (χ3v) is 3.96. The van der Waals surface area contributed by atoms with E-state index in [9.17, 15) is 14.4 Å². The van der Waals surface area contributed by atoms with E-state index in [0.717, 1.165) is 21.2 Å². The first-order chi connectivity index (χ1) is 11.9. The van der Waals surface area contributed by atoms with Gasteiger partial charge in [0.2, 0.25) is 5.69 Å². The molecule has 0 saturated heterocycles. The number of amides is 1. The van der Waals surface area contributed by atoms with E-state index in [0.29, 0.717) is 12.1 Å². The molecule has 1 atom stereocenters. The second kappa shape index (κ2) is 7.92. The van der Waals surface area contributed by atoms with Gasteiger partial charge in [0.1, 0.15) is 0 Å². The van der Waals surface area contributed by atoms with Crippen LogP contribution in [0.1, 0.15) is 49.7 Å². The van der Waals surface area contributed by atoms with Crippen molar-refractivity contribution in [3.05, 3.63) is 56.4 Å². The minimum Gasteiger partial charge on any atom is -0.348 e. The Bertz CT molecular complexity index is 883. The molecule has 1 aromatic heterocycles. The Hall–Kier alpha value is -2.70. The molecule has 1 heterocycles. The normalized spacial score (nSPS) is 12.0. The molecule has 0 radical (unpaired) electrons. The summed E-state index contributed by atoms with van der Waals surface area (Å²) in [5.74, 6) is -0.564. The van der Waals surface area contributed by atoms with Crippen molar-refractivity contribution in [2.24, 2.45) is 0 Å².